The molecule has 4 nitrogen and oxygen atoms in total. The van der Waals surface area contributed by atoms with Crippen LogP contribution in [0.2, 0.25) is 0 Å². The van der Waals surface area contributed by atoms with Crippen molar-refractivity contribution in [2.45, 2.75) is 24.9 Å². The maximum Gasteiger partial charge on any atom is 0.410 e. The summed E-state index contributed by atoms with van der Waals surface area (Å²) in [6, 6.07) is 9.80. The molecule has 1 atom stereocenters. The lowest BCUT2D eigenvalue weighted by Gasteiger charge is -2.32. The van der Waals surface area contributed by atoms with E-state index in [2.05, 4.69) is 4.98 Å². The van der Waals surface area contributed by atoms with Gasteiger partial charge in [-0.15, -0.1) is 0 Å². The molecule has 0 saturated heterocycles. The van der Waals surface area contributed by atoms with E-state index in [1.54, 1.807) is 13.0 Å². The number of nitrogens with one attached hydrogen (secondary N) is 1. The second-order valence-corrected chi connectivity index (χ2v) is 5.01. The van der Waals surface area contributed by atoms with Gasteiger partial charge in [-0.2, -0.15) is 13.2 Å². The number of benzene rings is 1. The molecule has 0 fully saturated rings. The van der Waals surface area contributed by atoms with Gasteiger partial charge in [-0.25, -0.2) is 0 Å². The summed E-state index contributed by atoms with van der Waals surface area (Å²) in [5.41, 5.74) is -2.45. The van der Waals surface area contributed by atoms with Crippen molar-refractivity contribution in [3.63, 3.8) is 0 Å². The Balaban J connectivity index is 2.72. The third-order valence-electron chi connectivity index (χ3n) is 3.70. The average Bonchev–Trinajstić information content (AvgIpc) is 2.93. The summed E-state index contributed by atoms with van der Waals surface area (Å²) in [5.74, 6) is 0. The number of aromatic amines is 1. The Morgan fingerprint density at radius 2 is 1.77 bits per heavy atom. The minimum Gasteiger partial charge on any atom is -0.361 e. The first kappa shape index (κ1) is 16.1. The van der Waals surface area contributed by atoms with Crippen LogP contribution in [0.3, 0.4) is 0 Å². The Morgan fingerprint density at radius 1 is 1.14 bits per heavy atom. The van der Waals surface area contributed by atoms with E-state index in [9.17, 15) is 23.3 Å². The highest BCUT2D eigenvalue weighted by atomic mass is 19.4. The smallest absolute Gasteiger partial charge is 0.361 e. The van der Waals surface area contributed by atoms with E-state index in [1.807, 2.05) is 0 Å². The van der Waals surface area contributed by atoms with Gasteiger partial charge in [0.15, 0.2) is 5.41 Å². The summed E-state index contributed by atoms with van der Waals surface area (Å²) in [5, 5.41) is 11.0. The van der Waals surface area contributed by atoms with Crippen LogP contribution in [0, 0.1) is 10.1 Å². The van der Waals surface area contributed by atoms with E-state index in [-0.39, 0.29) is 11.3 Å². The minimum atomic E-state index is -4.81. The molecule has 22 heavy (non-hydrogen) atoms. The van der Waals surface area contributed by atoms with Crippen LogP contribution in [0.25, 0.3) is 0 Å². The molecule has 0 aliphatic rings. The molecule has 0 aliphatic carbocycles. The topological polar surface area (TPSA) is 58.9 Å². The monoisotopic (exact) mass is 312 g/mol. The maximum absolute atomic E-state index is 13.9. The minimum absolute atomic E-state index is 0.149. The van der Waals surface area contributed by atoms with Gasteiger partial charge < -0.3 is 4.98 Å². The van der Waals surface area contributed by atoms with Crippen LogP contribution >= 0.6 is 0 Å². The number of rotatable bonds is 5. The fraction of sp³-hybridized carbons (Fsp3) is 0.333. The zero-order valence-electron chi connectivity index (χ0n) is 11.9. The summed E-state index contributed by atoms with van der Waals surface area (Å²) < 4.78 is 41.7. The molecule has 1 unspecified atom stereocenters. The summed E-state index contributed by atoms with van der Waals surface area (Å²) in [6.45, 7) is 0.533. The highest BCUT2D eigenvalue weighted by Crippen LogP contribution is 2.46. The van der Waals surface area contributed by atoms with Crippen molar-refractivity contribution in [1.29, 1.82) is 0 Å². The van der Waals surface area contributed by atoms with Crippen LogP contribution in [0.1, 0.15) is 23.9 Å². The fourth-order valence-corrected chi connectivity index (χ4v) is 2.55. The van der Waals surface area contributed by atoms with Gasteiger partial charge in [0, 0.05) is 16.3 Å². The van der Waals surface area contributed by atoms with Crippen LogP contribution in [0.15, 0.2) is 42.5 Å². The summed E-state index contributed by atoms with van der Waals surface area (Å²) >= 11 is 0. The molecule has 0 spiro atoms. The van der Waals surface area contributed by atoms with E-state index in [0.717, 1.165) is 0 Å². The van der Waals surface area contributed by atoms with Gasteiger partial charge in [0.05, 0.1) is 0 Å². The quantitative estimate of drug-likeness (QED) is 0.676. The van der Waals surface area contributed by atoms with Crippen molar-refractivity contribution in [1.82, 2.24) is 4.98 Å². The molecule has 0 saturated carbocycles. The zero-order chi connectivity index (χ0) is 16.4. The maximum atomic E-state index is 13.9. The number of nitro groups is 1. The van der Waals surface area contributed by atoms with Crippen LogP contribution in [0.4, 0.5) is 13.2 Å². The van der Waals surface area contributed by atoms with E-state index in [0.29, 0.717) is 12.1 Å². The SMILES string of the molecule is CCc1ccc(C(C[N+](=O)[O-])(c2ccccc2)C(F)(F)F)[nH]1. The zero-order valence-corrected chi connectivity index (χ0v) is 11.9. The standard InChI is InChI=1S/C15H15F3N2O2/c1-2-12-8-9-13(19-12)14(10-20(21)22,15(16,17)18)11-6-4-3-5-7-11/h3-9,19H,2,10H2,1H3. The molecular weight excluding hydrogens is 297 g/mol. The molecular formula is C15H15F3N2O2. The van der Waals surface area contributed by atoms with Crippen LogP contribution in [-0.4, -0.2) is 22.6 Å². The normalized spacial score (nSPS) is 14.5. The number of hydrogen-bond acceptors (Lipinski definition) is 2. The Kier molecular flexibility index (Phi) is 4.25. The molecule has 7 heteroatoms. The lowest BCUT2D eigenvalue weighted by molar-refractivity contribution is -0.498. The van der Waals surface area contributed by atoms with Gasteiger partial charge >= 0.3 is 6.18 Å². The first-order valence-electron chi connectivity index (χ1n) is 6.73. The van der Waals surface area contributed by atoms with Crippen molar-refractivity contribution >= 4 is 0 Å². The highest BCUT2D eigenvalue weighted by molar-refractivity contribution is 5.39. The Hall–Kier alpha value is -2.31. The molecule has 1 aromatic heterocycles. The Bertz CT molecular complexity index is 652. The number of halogens is 3. The Morgan fingerprint density at radius 3 is 2.23 bits per heavy atom. The van der Waals surface area contributed by atoms with Gasteiger partial charge in [0.2, 0.25) is 6.54 Å². The molecule has 1 N–H and O–H groups in total. The van der Waals surface area contributed by atoms with Gasteiger partial charge in [0.25, 0.3) is 0 Å². The molecule has 2 aromatic rings. The van der Waals surface area contributed by atoms with Crippen LogP contribution in [0.5, 0.6) is 0 Å². The number of H-pyrrole nitrogens is 1. The average molecular weight is 312 g/mol. The molecule has 0 radical (unpaired) electrons. The number of hydrogen-bond donors (Lipinski definition) is 1. The third kappa shape index (κ3) is 2.70. The molecule has 118 valence electrons. The molecule has 0 bridgehead atoms. The predicted octanol–water partition coefficient (Wildman–Crippen LogP) is 3.70. The Labute approximate surface area is 125 Å². The third-order valence-corrected chi connectivity index (χ3v) is 3.70. The van der Waals surface area contributed by atoms with Crippen molar-refractivity contribution < 1.29 is 18.1 Å². The number of alkyl halides is 3. The summed E-state index contributed by atoms with van der Waals surface area (Å²) in [7, 11) is 0. The van der Waals surface area contributed by atoms with Gasteiger partial charge in [-0.1, -0.05) is 37.3 Å². The molecule has 0 amide bonds. The second-order valence-electron chi connectivity index (χ2n) is 5.01. The number of nitrogens with zero attached hydrogens (tertiary/aromatic N) is 1. The number of aromatic nitrogens is 1. The molecule has 2 rings (SSSR count). The number of aryl methyl sites for hydroxylation is 1. The summed E-state index contributed by atoms with van der Waals surface area (Å²) in [4.78, 5) is 12.7. The van der Waals surface area contributed by atoms with E-state index in [1.165, 1.54) is 36.4 Å². The van der Waals surface area contributed by atoms with Crippen molar-refractivity contribution in [2.24, 2.45) is 0 Å². The van der Waals surface area contributed by atoms with Gasteiger partial charge in [-0.3, -0.25) is 10.1 Å². The van der Waals surface area contributed by atoms with Crippen LogP contribution in [-0.2, 0) is 11.8 Å². The predicted molar refractivity (Wildman–Crippen MR) is 75.3 cm³/mol. The van der Waals surface area contributed by atoms with Gasteiger partial charge in [0.1, 0.15) is 0 Å². The van der Waals surface area contributed by atoms with Crippen molar-refractivity contribution in [2.75, 3.05) is 6.54 Å². The van der Waals surface area contributed by atoms with E-state index in [4.69, 9.17) is 0 Å². The molecule has 1 heterocycles. The fourth-order valence-electron chi connectivity index (χ4n) is 2.55. The molecule has 1 aromatic carbocycles. The van der Waals surface area contributed by atoms with Crippen molar-refractivity contribution in [3.05, 3.63) is 69.5 Å². The second kappa shape index (κ2) is 5.82. The summed E-state index contributed by atoms with van der Waals surface area (Å²) in [6.07, 6.45) is -4.29. The van der Waals surface area contributed by atoms with E-state index >= 15 is 0 Å². The first-order valence-corrected chi connectivity index (χ1v) is 6.73. The molecule has 0 aliphatic heterocycles. The largest absolute Gasteiger partial charge is 0.410 e. The van der Waals surface area contributed by atoms with Crippen LogP contribution < -0.4 is 0 Å². The van der Waals surface area contributed by atoms with Gasteiger partial charge in [-0.05, 0) is 24.1 Å². The lowest BCUT2D eigenvalue weighted by atomic mass is 9.76. The highest BCUT2D eigenvalue weighted by Gasteiger charge is 2.61. The van der Waals surface area contributed by atoms with Crippen molar-refractivity contribution in [3.8, 4) is 0 Å². The lowest BCUT2D eigenvalue weighted by Crippen LogP contribution is -2.49. The first-order chi connectivity index (χ1) is 10.3. The van der Waals surface area contributed by atoms with E-state index < -0.39 is 23.1 Å².